The van der Waals surface area contributed by atoms with Crippen molar-refractivity contribution in [3.05, 3.63) is 0 Å². The molecule has 29 heavy (non-hydrogen) atoms. The van der Waals surface area contributed by atoms with Crippen molar-refractivity contribution < 1.29 is 28.5 Å². The summed E-state index contributed by atoms with van der Waals surface area (Å²) < 4.78 is 22.6. The van der Waals surface area contributed by atoms with Crippen LogP contribution in [0, 0.1) is 0 Å². The Balaban J connectivity index is 2.70. The van der Waals surface area contributed by atoms with Gasteiger partial charge >= 0.3 is 6.09 Å². The molecule has 3 atom stereocenters. The van der Waals surface area contributed by atoms with Crippen molar-refractivity contribution in [1.82, 2.24) is 4.90 Å². The molecule has 1 fully saturated rings. The molecule has 1 rings (SSSR count). The molecule has 0 unspecified atom stereocenters. The number of aliphatic hydroxyl groups is 1. The van der Waals surface area contributed by atoms with E-state index in [1.54, 1.807) is 0 Å². The maximum absolute atomic E-state index is 12.2. The maximum atomic E-state index is 12.2. The molecule has 1 aliphatic rings. The van der Waals surface area contributed by atoms with Gasteiger partial charge in [0.1, 0.15) is 12.9 Å². The maximum Gasteiger partial charge on any atom is 0.409 e. The van der Waals surface area contributed by atoms with Crippen LogP contribution in [0.15, 0.2) is 0 Å². The third kappa shape index (κ3) is 8.30. The Morgan fingerprint density at radius 3 is 2.28 bits per heavy atom. The minimum Gasteiger partial charge on any atom is -0.453 e. The molecule has 7 nitrogen and oxygen atoms in total. The van der Waals surface area contributed by atoms with Crippen molar-refractivity contribution >= 4 is 22.5 Å². The first kappa shape index (κ1) is 26.6. The average Bonchev–Trinajstić information content (AvgIpc) is 2.58. The molecule has 1 N–H and O–H groups in total. The molecule has 1 saturated heterocycles. The standard InChI is InChI=1S/C20H43NO6Si2/c1-20(2,3)29(8,9)27-17-10-11-21(19(23)24-4)16(18(17)22)14-26-15-25-12-13-28(5,6)7/h16-18,22H,10-15H2,1-9H3/t16-,17-,18-/m1/s1. The minimum absolute atomic E-state index is 0.0441. The minimum atomic E-state index is -2.04. The highest BCUT2D eigenvalue weighted by Gasteiger charge is 2.46. The van der Waals surface area contributed by atoms with Gasteiger partial charge in [0.15, 0.2) is 8.32 Å². The lowest BCUT2D eigenvalue weighted by Crippen LogP contribution is -2.61. The Hall–Kier alpha value is -0.456. The Bertz CT molecular complexity index is 518. The van der Waals surface area contributed by atoms with Gasteiger partial charge in [0.2, 0.25) is 0 Å². The van der Waals surface area contributed by atoms with Gasteiger partial charge in [-0.1, -0.05) is 40.4 Å². The lowest BCUT2D eigenvalue weighted by atomic mass is 9.97. The Kier molecular flexibility index (Phi) is 9.83. The van der Waals surface area contributed by atoms with Crippen molar-refractivity contribution in [3.63, 3.8) is 0 Å². The molecule has 1 amide bonds. The van der Waals surface area contributed by atoms with Crippen molar-refractivity contribution in [2.45, 2.75) is 89.3 Å². The average molecular weight is 450 g/mol. The number of ether oxygens (including phenoxy) is 3. The van der Waals surface area contributed by atoms with Crippen LogP contribution in [0.2, 0.25) is 43.8 Å². The van der Waals surface area contributed by atoms with E-state index in [4.69, 9.17) is 18.6 Å². The predicted octanol–water partition coefficient (Wildman–Crippen LogP) is 3.91. The number of nitrogens with zero attached hydrogens (tertiary/aromatic N) is 1. The molecule has 0 aromatic carbocycles. The van der Waals surface area contributed by atoms with Crippen LogP contribution in [0.5, 0.6) is 0 Å². The smallest absolute Gasteiger partial charge is 0.409 e. The van der Waals surface area contributed by atoms with Crippen LogP contribution in [0.3, 0.4) is 0 Å². The van der Waals surface area contributed by atoms with E-state index in [9.17, 15) is 9.90 Å². The summed E-state index contributed by atoms with van der Waals surface area (Å²) in [6.45, 7) is 19.2. The fraction of sp³-hybridized carbons (Fsp3) is 0.950. The van der Waals surface area contributed by atoms with Crippen molar-refractivity contribution in [3.8, 4) is 0 Å². The molecular formula is C20H43NO6Si2. The monoisotopic (exact) mass is 449 g/mol. The summed E-state index contributed by atoms with van der Waals surface area (Å²) in [5, 5.41) is 11.1. The number of methoxy groups -OCH3 is 1. The number of aliphatic hydroxyl groups excluding tert-OH is 1. The van der Waals surface area contributed by atoms with Gasteiger partial charge in [0.05, 0.1) is 25.9 Å². The first-order valence-corrected chi connectivity index (χ1v) is 17.2. The first-order valence-electron chi connectivity index (χ1n) is 10.6. The largest absolute Gasteiger partial charge is 0.453 e. The summed E-state index contributed by atoms with van der Waals surface area (Å²) in [4.78, 5) is 13.7. The van der Waals surface area contributed by atoms with E-state index in [1.165, 1.54) is 12.0 Å². The molecule has 0 spiro atoms. The summed E-state index contributed by atoms with van der Waals surface area (Å²) in [5.41, 5.74) is 0. The van der Waals surface area contributed by atoms with E-state index >= 15 is 0 Å². The lowest BCUT2D eigenvalue weighted by molar-refractivity contribution is -0.114. The predicted molar refractivity (Wildman–Crippen MR) is 121 cm³/mol. The summed E-state index contributed by atoms with van der Waals surface area (Å²) in [6.07, 6.45) is -1.04. The normalized spacial score (nSPS) is 23.9. The van der Waals surface area contributed by atoms with Crippen LogP contribution >= 0.6 is 0 Å². The number of carbonyl (C=O) groups excluding carboxylic acids is 1. The summed E-state index contributed by atoms with van der Waals surface area (Å²) >= 11 is 0. The van der Waals surface area contributed by atoms with Gasteiger partial charge in [-0.15, -0.1) is 0 Å². The topological polar surface area (TPSA) is 77.5 Å². The van der Waals surface area contributed by atoms with Crippen LogP contribution in [-0.4, -0.2) is 84.4 Å². The van der Waals surface area contributed by atoms with Gasteiger partial charge in [-0.05, 0) is 30.6 Å². The van der Waals surface area contributed by atoms with Gasteiger partial charge in [0, 0.05) is 21.2 Å². The van der Waals surface area contributed by atoms with Gasteiger partial charge in [-0.2, -0.15) is 0 Å². The number of rotatable bonds is 9. The van der Waals surface area contributed by atoms with E-state index in [0.29, 0.717) is 19.6 Å². The van der Waals surface area contributed by atoms with Crippen molar-refractivity contribution in [2.75, 3.05) is 33.7 Å². The number of piperidine rings is 1. The first-order chi connectivity index (χ1) is 13.2. The molecule has 0 saturated carbocycles. The zero-order valence-electron chi connectivity index (χ0n) is 19.9. The van der Waals surface area contributed by atoms with Gasteiger partial charge < -0.3 is 28.6 Å². The van der Waals surface area contributed by atoms with E-state index in [1.807, 2.05) is 0 Å². The quantitative estimate of drug-likeness (QED) is 0.327. The van der Waals surface area contributed by atoms with Gasteiger partial charge in [-0.3, -0.25) is 0 Å². The zero-order chi connectivity index (χ0) is 22.5. The Morgan fingerprint density at radius 1 is 1.14 bits per heavy atom. The van der Waals surface area contributed by atoms with Crippen LogP contribution in [0.25, 0.3) is 0 Å². The van der Waals surface area contributed by atoms with E-state index in [-0.39, 0.29) is 24.5 Å². The second kappa shape index (κ2) is 10.7. The molecule has 1 heterocycles. The molecule has 1 aliphatic heterocycles. The molecule has 0 aliphatic carbocycles. The fourth-order valence-electron chi connectivity index (χ4n) is 2.92. The van der Waals surface area contributed by atoms with Gasteiger partial charge in [-0.25, -0.2) is 4.79 Å². The van der Waals surface area contributed by atoms with Crippen molar-refractivity contribution in [1.29, 1.82) is 0 Å². The second-order valence-corrected chi connectivity index (χ2v) is 21.0. The van der Waals surface area contributed by atoms with Crippen LogP contribution in [0.1, 0.15) is 27.2 Å². The van der Waals surface area contributed by atoms with Crippen LogP contribution < -0.4 is 0 Å². The summed E-state index contributed by atoms with van der Waals surface area (Å²) in [6, 6.07) is 0.547. The number of likely N-dealkylation sites (tertiary alicyclic amines) is 1. The van der Waals surface area contributed by atoms with Gasteiger partial charge in [0.25, 0.3) is 0 Å². The molecular weight excluding hydrogens is 406 g/mol. The molecule has 0 radical (unpaired) electrons. The van der Waals surface area contributed by atoms with Crippen LogP contribution in [-0.2, 0) is 18.6 Å². The van der Waals surface area contributed by atoms with Crippen LogP contribution in [0.4, 0.5) is 4.79 Å². The highest BCUT2D eigenvalue weighted by Crippen LogP contribution is 2.39. The highest BCUT2D eigenvalue weighted by molar-refractivity contribution is 6.76. The number of carbonyl (C=O) groups is 1. The number of hydrogen-bond donors (Lipinski definition) is 1. The van der Waals surface area contributed by atoms with Crippen molar-refractivity contribution in [2.24, 2.45) is 0 Å². The summed E-state index contributed by atoms with van der Waals surface area (Å²) in [5.74, 6) is 0. The zero-order valence-corrected chi connectivity index (χ0v) is 21.9. The molecule has 0 aromatic rings. The van der Waals surface area contributed by atoms with E-state index in [2.05, 4.69) is 53.5 Å². The Morgan fingerprint density at radius 2 is 1.76 bits per heavy atom. The van der Waals surface area contributed by atoms with E-state index in [0.717, 1.165) is 6.04 Å². The molecule has 0 bridgehead atoms. The highest BCUT2D eigenvalue weighted by atomic mass is 28.4. The third-order valence-electron chi connectivity index (χ3n) is 5.94. The second-order valence-electron chi connectivity index (χ2n) is 10.6. The number of amides is 1. The lowest BCUT2D eigenvalue weighted by Gasteiger charge is -2.46. The Labute approximate surface area is 179 Å². The molecule has 0 aromatic heterocycles. The third-order valence-corrected chi connectivity index (χ3v) is 12.2. The molecule has 172 valence electrons. The van der Waals surface area contributed by atoms with E-state index < -0.39 is 34.6 Å². The SMILES string of the molecule is COC(=O)N1CC[C@@H](O[Si](C)(C)C(C)(C)C)[C@H](O)[C@H]1COCOCC[Si](C)(C)C. The molecule has 9 heteroatoms. The number of hydrogen-bond acceptors (Lipinski definition) is 6. The summed E-state index contributed by atoms with van der Waals surface area (Å²) in [7, 11) is -1.83. The fourth-order valence-corrected chi connectivity index (χ4v) is 5.04.